The Hall–Kier alpha value is -4.91. The van der Waals surface area contributed by atoms with Crippen LogP contribution in [0.25, 0.3) is 0 Å². The van der Waals surface area contributed by atoms with E-state index in [1.807, 2.05) is 0 Å². The first kappa shape index (κ1) is 32.0. The molecule has 2 aliphatic rings. The fourth-order valence-corrected chi connectivity index (χ4v) is 5.23. The van der Waals surface area contributed by atoms with E-state index < -0.39 is 34.7 Å². The molecule has 1 unspecified atom stereocenters. The molecular weight excluding hydrogens is 574 g/mol. The number of nitrogens with one attached hydrogen (secondary N) is 1. The maximum absolute atomic E-state index is 13.5. The molecule has 13 nitrogen and oxygen atoms in total. The molecule has 0 aliphatic carbocycles. The number of hydrogen-bond acceptors (Lipinski definition) is 11. The van der Waals surface area contributed by atoms with Gasteiger partial charge in [-0.3, -0.25) is 24.7 Å². The molecule has 2 aromatic carbocycles. The number of ether oxygens (including phenoxy) is 4. The van der Waals surface area contributed by atoms with Crippen molar-refractivity contribution in [3.05, 3.63) is 81.0 Å². The van der Waals surface area contributed by atoms with E-state index in [-0.39, 0.29) is 59.9 Å². The molecule has 0 aromatic heterocycles. The zero-order valence-corrected chi connectivity index (χ0v) is 24.6. The normalized spacial score (nSPS) is 19.5. The Kier molecular flexibility index (Phi) is 10.6. The number of nitro benzene ring substituents is 1. The SMILES string of the molecule is CC(=O)Nc1ccc(C(=O)OCCOC(=O)C2C(C)=NC(C)=C(C(=O)OC[C@@H]3CCCO3)[C@@H]2c2ccccc2[N+](=O)[O-])cc1. The molecular formula is C31H33N3O10. The highest BCUT2D eigenvalue weighted by atomic mass is 16.6. The minimum atomic E-state index is -1.19. The van der Waals surface area contributed by atoms with Gasteiger partial charge in [0.15, 0.2) is 0 Å². The van der Waals surface area contributed by atoms with Crippen molar-refractivity contribution in [3.63, 3.8) is 0 Å². The average Bonchev–Trinajstić information content (AvgIpc) is 3.51. The van der Waals surface area contributed by atoms with Crippen molar-refractivity contribution < 1.29 is 43.0 Å². The molecule has 0 radical (unpaired) electrons. The lowest BCUT2D eigenvalue weighted by atomic mass is 9.75. The number of para-hydroxylation sites is 1. The molecule has 2 aliphatic heterocycles. The van der Waals surface area contributed by atoms with Gasteiger partial charge in [0.1, 0.15) is 25.7 Å². The van der Waals surface area contributed by atoms with Crippen LogP contribution in [0.1, 0.15) is 55.5 Å². The molecule has 1 fully saturated rings. The van der Waals surface area contributed by atoms with Crippen LogP contribution in [0.15, 0.2) is 64.8 Å². The van der Waals surface area contributed by atoms with Gasteiger partial charge in [0.2, 0.25) is 5.91 Å². The third-order valence-corrected chi connectivity index (χ3v) is 7.20. The third kappa shape index (κ3) is 7.72. The van der Waals surface area contributed by atoms with E-state index in [0.717, 1.165) is 12.8 Å². The van der Waals surface area contributed by atoms with Crippen LogP contribution < -0.4 is 5.32 Å². The smallest absolute Gasteiger partial charge is 0.338 e. The van der Waals surface area contributed by atoms with Gasteiger partial charge in [0, 0.05) is 48.2 Å². The Balaban J connectivity index is 1.50. The number of anilines is 1. The lowest BCUT2D eigenvalue weighted by molar-refractivity contribution is -0.385. The summed E-state index contributed by atoms with van der Waals surface area (Å²) in [5.41, 5.74) is 1.17. The van der Waals surface area contributed by atoms with Crippen molar-refractivity contribution >= 4 is 40.9 Å². The Labute approximate surface area is 253 Å². The first-order chi connectivity index (χ1) is 21.1. The van der Waals surface area contributed by atoms with Crippen LogP contribution in [0.5, 0.6) is 0 Å². The van der Waals surface area contributed by atoms with Crippen molar-refractivity contribution in [1.82, 2.24) is 0 Å². The predicted molar refractivity (Wildman–Crippen MR) is 157 cm³/mol. The van der Waals surface area contributed by atoms with Crippen molar-refractivity contribution in [2.24, 2.45) is 10.9 Å². The van der Waals surface area contributed by atoms with Gasteiger partial charge in [0.25, 0.3) is 5.69 Å². The third-order valence-electron chi connectivity index (χ3n) is 7.20. The number of nitro groups is 1. The summed E-state index contributed by atoms with van der Waals surface area (Å²) in [4.78, 5) is 66.4. The van der Waals surface area contributed by atoms with Gasteiger partial charge in [-0.15, -0.1) is 0 Å². The van der Waals surface area contributed by atoms with Crippen LogP contribution >= 0.6 is 0 Å². The standard InChI is InChI=1S/C31H33N3O10/c1-18-26(30(37)43-16-15-42-29(36)21-10-12-22(13-11-21)33-20(3)35)28(24-8-4-5-9-25(24)34(39)40)27(19(2)32-18)31(38)44-17-23-7-6-14-41-23/h4-5,8-13,23,26,28H,6-7,14-17H2,1-3H3,(H,33,35)/t23-,26?,28+/m0/s1. The lowest BCUT2D eigenvalue weighted by Crippen LogP contribution is -2.37. The van der Waals surface area contributed by atoms with Crippen molar-refractivity contribution in [2.45, 2.75) is 45.6 Å². The molecule has 2 aromatic rings. The molecule has 1 N–H and O–H groups in total. The van der Waals surface area contributed by atoms with Gasteiger partial charge >= 0.3 is 17.9 Å². The Morgan fingerprint density at radius 3 is 2.36 bits per heavy atom. The second-order valence-electron chi connectivity index (χ2n) is 10.3. The number of rotatable bonds is 11. The predicted octanol–water partition coefficient (Wildman–Crippen LogP) is 4.12. The number of nitrogens with zero attached hydrogens (tertiary/aromatic N) is 2. The summed E-state index contributed by atoms with van der Waals surface area (Å²) in [6.45, 7) is 4.50. The number of aliphatic imine (C=N–C) groups is 1. The summed E-state index contributed by atoms with van der Waals surface area (Å²) in [7, 11) is 0. The number of carbonyl (C=O) groups is 4. The summed E-state index contributed by atoms with van der Waals surface area (Å²) in [5, 5.41) is 14.6. The molecule has 0 bridgehead atoms. The molecule has 232 valence electrons. The zero-order valence-electron chi connectivity index (χ0n) is 24.6. The monoisotopic (exact) mass is 607 g/mol. The number of carbonyl (C=O) groups excluding carboxylic acids is 4. The van der Waals surface area contributed by atoms with E-state index in [2.05, 4.69) is 10.3 Å². The molecule has 13 heteroatoms. The first-order valence-corrected chi connectivity index (χ1v) is 14.1. The highest BCUT2D eigenvalue weighted by Crippen LogP contribution is 2.43. The van der Waals surface area contributed by atoms with Gasteiger partial charge < -0.3 is 24.3 Å². The molecule has 4 rings (SSSR count). The molecule has 1 amide bonds. The van der Waals surface area contributed by atoms with E-state index in [0.29, 0.717) is 18.0 Å². The van der Waals surface area contributed by atoms with E-state index in [1.165, 1.54) is 37.3 Å². The van der Waals surface area contributed by atoms with E-state index in [1.54, 1.807) is 32.0 Å². The summed E-state index contributed by atoms with van der Waals surface area (Å²) >= 11 is 0. The molecule has 2 heterocycles. The Morgan fingerprint density at radius 2 is 1.70 bits per heavy atom. The van der Waals surface area contributed by atoms with Crippen LogP contribution in [-0.4, -0.2) is 67.0 Å². The van der Waals surface area contributed by atoms with E-state index in [9.17, 15) is 29.3 Å². The molecule has 0 saturated carbocycles. The highest BCUT2D eigenvalue weighted by Gasteiger charge is 2.45. The van der Waals surface area contributed by atoms with Gasteiger partial charge in [-0.25, -0.2) is 9.59 Å². The van der Waals surface area contributed by atoms with Gasteiger partial charge in [0.05, 0.1) is 22.2 Å². The van der Waals surface area contributed by atoms with Crippen LogP contribution in [0, 0.1) is 16.0 Å². The summed E-state index contributed by atoms with van der Waals surface area (Å²) in [5.74, 6) is -4.79. The lowest BCUT2D eigenvalue weighted by Gasteiger charge is -2.31. The largest absolute Gasteiger partial charge is 0.462 e. The Bertz CT molecular complexity index is 1490. The average molecular weight is 608 g/mol. The number of hydrogen-bond donors (Lipinski definition) is 1. The van der Waals surface area contributed by atoms with Crippen molar-refractivity contribution in [2.75, 3.05) is 31.7 Å². The highest BCUT2D eigenvalue weighted by molar-refractivity contribution is 6.07. The van der Waals surface area contributed by atoms with Crippen LogP contribution in [0.3, 0.4) is 0 Å². The minimum absolute atomic E-state index is 0.00163. The zero-order chi connectivity index (χ0) is 31.8. The van der Waals surface area contributed by atoms with Crippen molar-refractivity contribution in [3.8, 4) is 0 Å². The molecule has 44 heavy (non-hydrogen) atoms. The fourth-order valence-electron chi connectivity index (χ4n) is 5.23. The van der Waals surface area contributed by atoms with Crippen LogP contribution in [0.4, 0.5) is 11.4 Å². The quantitative estimate of drug-likeness (QED) is 0.129. The summed E-state index contributed by atoms with van der Waals surface area (Å²) in [6, 6.07) is 11.9. The second kappa shape index (κ2) is 14.5. The van der Waals surface area contributed by atoms with Gasteiger partial charge in [-0.1, -0.05) is 18.2 Å². The minimum Gasteiger partial charge on any atom is -0.462 e. The van der Waals surface area contributed by atoms with Crippen molar-refractivity contribution in [1.29, 1.82) is 0 Å². The summed E-state index contributed by atoms with van der Waals surface area (Å²) in [6.07, 6.45) is 1.33. The van der Waals surface area contributed by atoms with Gasteiger partial charge in [-0.2, -0.15) is 0 Å². The van der Waals surface area contributed by atoms with Crippen LogP contribution in [0.2, 0.25) is 0 Å². The number of esters is 3. The molecule has 3 atom stereocenters. The second-order valence-corrected chi connectivity index (χ2v) is 10.3. The fraction of sp³-hybridized carbons (Fsp3) is 0.387. The maximum Gasteiger partial charge on any atom is 0.338 e. The van der Waals surface area contributed by atoms with Gasteiger partial charge in [-0.05, 0) is 51.0 Å². The number of amides is 1. The van der Waals surface area contributed by atoms with E-state index >= 15 is 0 Å². The number of allylic oxidation sites excluding steroid dienone is 1. The molecule has 1 saturated heterocycles. The summed E-state index contributed by atoms with van der Waals surface area (Å²) < 4.78 is 21.8. The van der Waals surface area contributed by atoms with Crippen LogP contribution in [-0.2, 0) is 33.3 Å². The topological polar surface area (TPSA) is 173 Å². The van der Waals surface area contributed by atoms with E-state index in [4.69, 9.17) is 18.9 Å². The molecule has 0 spiro atoms. The maximum atomic E-state index is 13.5. The Morgan fingerprint density at radius 1 is 1.00 bits per heavy atom. The first-order valence-electron chi connectivity index (χ1n) is 14.1. The number of benzene rings is 2.